The number of carbonyl (C=O) groups is 1. The summed E-state index contributed by atoms with van der Waals surface area (Å²) in [5.74, 6) is 0.104. The molecule has 1 aliphatic heterocycles. The number of benzene rings is 1. The van der Waals surface area contributed by atoms with Gasteiger partial charge in [-0.1, -0.05) is 19.4 Å². The molecule has 164 valence electrons. The van der Waals surface area contributed by atoms with Crippen molar-refractivity contribution in [1.29, 1.82) is 0 Å². The Bertz CT molecular complexity index is 1120. The van der Waals surface area contributed by atoms with E-state index >= 15 is 0 Å². The van der Waals surface area contributed by atoms with Gasteiger partial charge in [-0.3, -0.25) is 0 Å². The summed E-state index contributed by atoms with van der Waals surface area (Å²) in [7, 11) is 1.59. The third kappa shape index (κ3) is 4.25. The number of fused-ring (bicyclic) bond motifs is 2. The molecule has 0 saturated carbocycles. The summed E-state index contributed by atoms with van der Waals surface area (Å²) in [6.45, 7) is 6.96. The van der Waals surface area contributed by atoms with Crippen molar-refractivity contribution in [2.45, 2.75) is 46.1 Å². The Kier molecular flexibility index (Phi) is 6.46. The lowest BCUT2D eigenvalue weighted by Crippen LogP contribution is -2.28. The summed E-state index contributed by atoms with van der Waals surface area (Å²) in [5.41, 5.74) is 4.41. The number of rotatable bonds is 8. The number of anilines is 1. The number of esters is 1. The second kappa shape index (κ2) is 9.43. The Hall–Kier alpha value is -3.00. The van der Waals surface area contributed by atoms with E-state index in [0.29, 0.717) is 23.3 Å². The van der Waals surface area contributed by atoms with Crippen molar-refractivity contribution in [3.63, 3.8) is 0 Å². The molecule has 4 rings (SSSR count). The predicted molar refractivity (Wildman–Crippen MR) is 118 cm³/mol. The van der Waals surface area contributed by atoms with Crippen LogP contribution in [0.2, 0.25) is 0 Å². The Labute approximate surface area is 181 Å². The first-order valence-corrected chi connectivity index (χ1v) is 11.0. The molecule has 2 aromatic heterocycles. The second-order valence-corrected chi connectivity index (χ2v) is 7.75. The van der Waals surface area contributed by atoms with Crippen molar-refractivity contribution >= 4 is 23.4 Å². The van der Waals surface area contributed by atoms with Gasteiger partial charge < -0.3 is 14.4 Å². The number of ether oxygens (including phenoxy) is 2. The highest BCUT2D eigenvalue weighted by atomic mass is 16.5. The van der Waals surface area contributed by atoms with E-state index in [1.807, 2.05) is 6.08 Å². The first-order chi connectivity index (χ1) is 15.2. The highest BCUT2D eigenvalue weighted by Gasteiger charge is 2.21. The average molecular weight is 424 g/mol. The number of nitrogens with zero attached hydrogens (tertiary/aromatic N) is 5. The zero-order valence-corrected chi connectivity index (χ0v) is 18.4. The van der Waals surface area contributed by atoms with E-state index in [1.165, 1.54) is 11.3 Å². The van der Waals surface area contributed by atoms with Crippen LogP contribution in [0.25, 0.3) is 11.7 Å². The van der Waals surface area contributed by atoms with Crippen LogP contribution in [0.1, 0.15) is 60.5 Å². The Morgan fingerprint density at radius 1 is 1.26 bits per heavy atom. The molecule has 1 aliphatic rings. The molecule has 0 saturated heterocycles. The maximum Gasteiger partial charge on any atom is 0.359 e. The predicted octanol–water partition coefficient (Wildman–Crippen LogP) is 2.55. The maximum atomic E-state index is 12.8. The number of hydrogen-bond acceptors (Lipinski definition) is 7. The van der Waals surface area contributed by atoms with Crippen LogP contribution >= 0.6 is 0 Å². The summed E-state index contributed by atoms with van der Waals surface area (Å²) in [6, 6.07) is 6.44. The lowest BCUT2D eigenvalue weighted by Gasteiger charge is -2.30. The van der Waals surface area contributed by atoms with E-state index in [-0.39, 0.29) is 12.3 Å². The van der Waals surface area contributed by atoms with Gasteiger partial charge in [0.15, 0.2) is 17.2 Å². The Morgan fingerprint density at radius 2 is 2.13 bits per heavy atom. The van der Waals surface area contributed by atoms with Crippen molar-refractivity contribution in [2.75, 3.05) is 31.7 Å². The van der Waals surface area contributed by atoms with Gasteiger partial charge in [-0.15, -0.1) is 10.2 Å². The lowest BCUT2D eigenvalue weighted by atomic mass is 9.99. The third-order valence-electron chi connectivity index (χ3n) is 5.61. The topological polar surface area (TPSA) is 81.8 Å². The van der Waals surface area contributed by atoms with Crippen LogP contribution in [-0.2, 0) is 22.5 Å². The van der Waals surface area contributed by atoms with Gasteiger partial charge in [-0.05, 0) is 55.5 Å². The second-order valence-electron chi connectivity index (χ2n) is 7.75. The monoisotopic (exact) mass is 423 g/mol. The minimum absolute atomic E-state index is 0.256. The lowest BCUT2D eigenvalue weighted by molar-refractivity contribution is 0.0491. The molecule has 31 heavy (non-hydrogen) atoms. The van der Waals surface area contributed by atoms with Crippen molar-refractivity contribution in [2.24, 2.45) is 0 Å². The fourth-order valence-electron chi connectivity index (χ4n) is 4.01. The van der Waals surface area contributed by atoms with Crippen molar-refractivity contribution in [3.05, 3.63) is 46.1 Å². The fourth-order valence-corrected chi connectivity index (χ4v) is 4.01. The van der Waals surface area contributed by atoms with Crippen LogP contribution < -0.4 is 10.1 Å². The molecule has 3 aromatic rings. The molecule has 8 nitrogen and oxygen atoms in total. The van der Waals surface area contributed by atoms with E-state index < -0.39 is 5.97 Å². The van der Waals surface area contributed by atoms with Crippen LogP contribution in [0, 0.1) is 0 Å². The van der Waals surface area contributed by atoms with Gasteiger partial charge in [0.2, 0.25) is 0 Å². The van der Waals surface area contributed by atoms with Crippen molar-refractivity contribution in [3.8, 4) is 0 Å². The molecule has 0 amide bonds. The van der Waals surface area contributed by atoms with Gasteiger partial charge in [-0.25, -0.2) is 4.79 Å². The molecular formula is C23H29N5O3. The smallest absolute Gasteiger partial charge is 0.359 e. The van der Waals surface area contributed by atoms with Gasteiger partial charge in [-0.2, -0.15) is 9.61 Å². The van der Waals surface area contributed by atoms with Gasteiger partial charge in [0.1, 0.15) is 6.61 Å². The van der Waals surface area contributed by atoms with E-state index in [0.717, 1.165) is 44.3 Å². The number of hydrogen-bond donors (Lipinski definition) is 0. The molecule has 0 N–H and O–H groups in total. The molecule has 8 heteroatoms. The fraction of sp³-hybridized carbons (Fsp3) is 0.478. The Morgan fingerprint density at radius 3 is 2.90 bits per heavy atom. The molecule has 0 fully saturated rings. The number of aryl methyl sites for hydroxylation is 1. The van der Waals surface area contributed by atoms with Crippen LogP contribution in [0.15, 0.2) is 18.2 Å². The van der Waals surface area contributed by atoms with E-state index in [4.69, 9.17) is 9.47 Å². The molecule has 3 heterocycles. The molecule has 0 aliphatic carbocycles. The quantitative estimate of drug-likeness (QED) is 0.407. The molecule has 0 atom stereocenters. The summed E-state index contributed by atoms with van der Waals surface area (Å²) in [4.78, 5) is 15.2. The van der Waals surface area contributed by atoms with Crippen molar-refractivity contribution < 1.29 is 14.3 Å². The summed E-state index contributed by atoms with van der Waals surface area (Å²) >= 11 is 0. The van der Waals surface area contributed by atoms with Gasteiger partial charge in [0.25, 0.3) is 0 Å². The van der Waals surface area contributed by atoms with E-state index in [2.05, 4.69) is 52.2 Å². The summed E-state index contributed by atoms with van der Waals surface area (Å²) in [6.07, 6.45) is 5.92. The van der Waals surface area contributed by atoms with Crippen LogP contribution in [0.5, 0.6) is 0 Å². The van der Waals surface area contributed by atoms with Crippen LogP contribution in [-0.4, -0.2) is 52.6 Å². The first kappa shape index (κ1) is 21.2. The standard InChI is InChI=1S/C23H29N5O3/c1-4-6-12-31-23(29)21-18(22-25-24-20(15-30-3)28(22)26-21)14-16-9-10-19-17(13-16)8-7-11-27(19)5-2/h9-10,13-14H,4-8,11-12,15H2,1-3H3/b18-14-. The molecular weight excluding hydrogens is 394 g/mol. The molecule has 1 aromatic carbocycles. The molecule has 0 unspecified atom stereocenters. The molecule has 0 bridgehead atoms. The molecule has 0 spiro atoms. The highest BCUT2D eigenvalue weighted by Crippen LogP contribution is 2.28. The van der Waals surface area contributed by atoms with Crippen LogP contribution in [0.4, 0.5) is 5.69 Å². The summed E-state index contributed by atoms with van der Waals surface area (Å²) in [5, 5.41) is 13.5. The highest BCUT2D eigenvalue weighted by molar-refractivity contribution is 5.90. The minimum Gasteiger partial charge on any atom is -0.461 e. The first-order valence-electron chi connectivity index (χ1n) is 11.0. The number of methoxy groups -OCH3 is 1. The SMILES string of the molecule is CCCCOC(=O)c1nn2c(COC)nnc2/c1=C\c1ccc2c(c1)CCCN2CC. The van der Waals surface area contributed by atoms with Crippen molar-refractivity contribution in [1.82, 2.24) is 19.8 Å². The van der Waals surface area contributed by atoms with Gasteiger partial charge in [0, 0.05) is 25.9 Å². The number of aromatic nitrogens is 4. The van der Waals surface area contributed by atoms with E-state index in [1.54, 1.807) is 11.6 Å². The number of unbranched alkanes of at least 4 members (excludes halogenated alkanes) is 1. The number of carbonyl (C=O) groups excluding carboxylic acids is 1. The van der Waals surface area contributed by atoms with Gasteiger partial charge in [0.05, 0.1) is 11.8 Å². The minimum atomic E-state index is -0.441. The van der Waals surface area contributed by atoms with Crippen LogP contribution in [0.3, 0.4) is 0 Å². The summed E-state index contributed by atoms with van der Waals surface area (Å²) < 4.78 is 12.2. The maximum absolute atomic E-state index is 12.8. The third-order valence-corrected chi connectivity index (χ3v) is 5.61. The Balaban J connectivity index is 1.78. The van der Waals surface area contributed by atoms with E-state index in [9.17, 15) is 4.79 Å². The molecule has 0 radical (unpaired) electrons. The van der Waals surface area contributed by atoms with Gasteiger partial charge >= 0.3 is 5.97 Å². The average Bonchev–Trinajstić information content (AvgIpc) is 3.34. The largest absolute Gasteiger partial charge is 0.461 e. The zero-order chi connectivity index (χ0) is 21.8. The normalized spacial score (nSPS) is 14.3. The zero-order valence-electron chi connectivity index (χ0n) is 18.4.